The Hall–Kier alpha value is -3.66. The summed E-state index contributed by atoms with van der Waals surface area (Å²) in [4.78, 5) is 14.8. The minimum Gasteiger partial charge on any atom is -0.508 e. The molecule has 9 nitrogen and oxygen atoms in total. The zero-order valence-electron chi connectivity index (χ0n) is 23.5. The van der Waals surface area contributed by atoms with E-state index in [0.717, 1.165) is 77.3 Å². The molecular weight excluding hydrogens is 569 g/mol. The number of nitriles is 1. The smallest absolute Gasteiger partial charge is 0.227 e. The molecule has 0 saturated carbocycles. The minimum atomic E-state index is 0.142. The van der Waals surface area contributed by atoms with E-state index in [2.05, 4.69) is 26.2 Å². The van der Waals surface area contributed by atoms with Gasteiger partial charge in [0.15, 0.2) is 0 Å². The third kappa shape index (κ3) is 7.40. The first-order valence-corrected chi connectivity index (χ1v) is 15.9. The second kappa shape index (κ2) is 14.5. The molecule has 0 aliphatic carbocycles. The molecule has 4 aromatic rings. The number of rotatable bonds is 12. The van der Waals surface area contributed by atoms with Crippen molar-refractivity contribution in [1.29, 1.82) is 5.26 Å². The van der Waals surface area contributed by atoms with E-state index in [1.54, 1.807) is 24.4 Å². The lowest BCUT2D eigenvalue weighted by Crippen LogP contribution is -2.47. The molecule has 218 valence electrons. The summed E-state index contributed by atoms with van der Waals surface area (Å²) in [6, 6.07) is 18.9. The fourth-order valence-corrected chi connectivity index (χ4v) is 6.88. The average molecular weight is 603 g/mol. The Balaban J connectivity index is 1.25. The number of nitrogens with one attached hydrogen (secondary N) is 1. The number of nitrogens with zero attached hydrogens (tertiary/aromatic N) is 5. The number of aromatic hydroxyl groups is 1. The minimum absolute atomic E-state index is 0.142. The monoisotopic (exact) mass is 602 g/mol. The molecule has 0 spiro atoms. The lowest BCUT2D eigenvalue weighted by molar-refractivity contribution is 0.108. The molecular formula is C31H34N6O3S2. The molecule has 1 fully saturated rings. The first kappa shape index (κ1) is 29.8. The van der Waals surface area contributed by atoms with Crippen LogP contribution < -0.4 is 10.1 Å². The van der Waals surface area contributed by atoms with Crippen LogP contribution in [0.25, 0.3) is 21.7 Å². The standard InChI is InChI=1S/C31H34N6O3S2/c1-41-30-26(21-32)28(22-5-2-7-24(39)19-22)29(42-30)27-9-10-33-31(35-27)34-23-6-3-8-25(20-23)40-18-4-11-36-12-14-37(15-13-36)16-17-38/h2-3,5-10,19-20,38-39H,4,11-18H2,1H3,(H,33,34,35). The first-order chi connectivity index (χ1) is 20.6. The molecule has 0 atom stereocenters. The van der Waals surface area contributed by atoms with E-state index >= 15 is 0 Å². The number of hydrogen-bond acceptors (Lipinski definition) is 11. The van der Waals surface area contributed by atoms with Gasteiger partial charge in [-0.1, -0.05) is 18.2 Å². The van der Waals surface area contributed by atoms with Crippen molar-refractivity contribution in [2.24, 2.45) is 0 Å². The summed E-state index contributed by atoms with van der Waals surface area (Å²) in [6.07, 6.45) is 4.59. The summed E-state index contributed by atoms with van der Waals surface area (Å²) in [7, 11) is 0. The predicted molar refractivity (Wildman–Crippen MR) is 169 cm³/mol. The fraction of sp³-hybridized carbons (Fsp3) is 0.323. The number of thiophene rings is 1. The largest absolute Gasteiger partial charge is 0.508 e. The highest BCUT2D eigenvalue weighted by Crippen LogP contribution is 2.46. The Labute approximate surface area is 254 Å². The van der Waals surface area contributed by atoms with E-state index in [1.165, 1.54) is 23.1 Å². The van der Waals surface area contributed by atoms with E-state index in [1.807, 2.05) is 42.7 Å². The summed E-state index contributed by atoms with van der Waals surface area (Å²) < 4.78 is 6.94. The van der Waals surface area contributed by atoms with Gasteiger partial charge in [0.25, 0.3) is 0 Å². The number of ether oxygens (including phenoxy) is 1. The van der Waals surface area contributed by atoms with E-state index in [9.17, 15) is 10.4 Å². The van der Waals surface area contributed by atoms with Gasteiger partial charge < -0.3 is 25.2 Å². The van der Waals surface area contributed by atoms with Crippen LogP contribution in [0, 0.1) is 11.3 Å². The summed E-state index contributed by atoms with van der Waals surface area (Å²) >= 11 is 3.03. The number of thioether (sulfide) groups is 1. The van der Waals surface area contributed by atoms with Crippen molar-refractivity contribution in [2.45, 2.75) is 10.6 Å². The van der Waals surface area contributed by atoms with Gasteiger partial charge in [0.1, 0.15) is 17.6 Å². The molecule has 0 bridgehead atoms. The SMILES string of the molecule is CSc1sc(-c2ccnc(Nc3cccc(OCCCN4CCN(CCO)CC4)c3)n2)c(-c2cccc(O)c2)c1C#N. The van der Waals surface area contributed by atoms with Crippen LogP contribution in [0.1, 0.15) is 12.0 Å². The zero-order chi connectivity index (χ0) is 29.3. The number of phenolic OH excluding ortho intramolecular Hbond substituents is 1. The highest BCUT2D eigenvalue weighted by Gasteiger charge is 2.22. The molecule has 3 heterocycles. The van der Waals surface area contributed by atoms with Crippen LogP contribution in [0.3, 0.4) is 0 Å². The van der Waals surface area contributed by atoms with Gasteiger partial charge in [0, 0.05) is 62.8 Å². The number of piperazine rings is 1. The second-order valence-electron chi connectivity index (χ2n) is 9.86. The molecule has 0 amide bonds. The van der Waals surface area contributed by atoms with Crippen LogP contribution in [-0.4, -0.2) is 88.7 Å². The number of anilines is 2. The molecule has 0 unspecified atom stereocenters. The van der Waals surface area contributed by atoms with Crippen molar-refractivity contribution in [3.05, 3.63) is 66.4 Å². The van der Waals surface area contributed by atoms with E-state index in [4.69, 9.17) is 14.8 Å². The Bertz CT molecular complexity index is 1530. The number of aromatic nitrogens is 2. The summed E-state index contributed by atoms with van der Waals surface area (Å²) in [5.41, 5.74) is 3.61. The number of β-amino-alcohol motifs (C(OH)–C–C–N with tert-alkyl or cyclic N) is 1. The molecule has 42 heavy (non-hydrogen) atoms. The van der Waals surface area contributed by atoms with Crippen molar-refractivity contribution < 1.29 is 14.9 Å². The highest BCUT2D eigenvalue weighted by atomic mass is 32.2. The van der Waals surface area contributed by atoms with Crippen LogP contribution in [0.2, 0.25) is 0 Å². The van der Waals surface area contributed by atoms with Crippen molar-refractivity contribution in [3.63, 3.8) is 0 Å². The Morgan fingerprint density at radius 2 is 1.86 bits per heavy atom. The zero-order valence-corrected chi connectivity index (χ0v) is 25.1. The Kier molecular flexibility index (Phi) is 10.3. The van der Waals surface area contributed by atoms with Crippen molar-refractivity contribution in [2.75, 3.05) is 64.1 Å². The molecule has 3 N–H and O–H groups in total. The maximum absolute atomic E-state index is 10.1. The Morgan fingerprint density at radius 3 is 2.60 bits per heavy atom. The van der Waals surface area contributed by atoms with Crippen LogP contribution in [0.5, 0.6) is 11.5 Å². The molecule has 2 aromatic heterocycles. The maximum Gasteiger partial charge on any atom is 0.227 e. The normalized spacial score (nSPS) is 14.0. The van der Waals surface area contributed by atoms with Gasteiger partial charge in [-0.05, 0) is 48.6 Å². The van der Waals surface area contributed by atoms with Crippen LogP contribution >= 0.6 is 23.1 Å². The highest BCUT2D eigenvalue weighted by molar-refractivity contribution is 8.00. The van der Waals surface area contributed by atoms with Crippen LogP contribution in [-0.2, 0) is 0 Å². The molecule has 1 aliphatic heterocycles. The van der Waals surface area contributed by atoms with Gasteiger partial charge in [-0.3, -0.25) is 4.90 Å². The van der Waals surface area contributed by atoms with Crippen LogP contribution in [0.4, 0.5) is 11.6 Å². The molecule has 11 heteroatoms. The van der Waals surface area contributed by atoms with Crippen LogP contribution in [0.15, 0.2) is 65.0 Å². The predicted octanol–water partition coefficient (Wildman–Crippen LogP) is 5.29. The van der Waals surface area contributed by atoms with Gasteiger partial charge >= 0.3 is 0 Å². The number of aliphatic hydroxyl groups is 1. The molecule has 5 rings (SSSR count). The molecule has 2 aromatic carbocycles. The van der Waals surface area contributed by atoms with E-state index in [-0.39, 0.29) is 12.4 Å². The van der Waals surface area contributed by atoms with Gasteiger partial charge in [0.05, 0.1) is 33.6 Å². The number of aliphatic hydroxyl groups excluding tert-OH is 1. The average Bonchev–Trinajstić information content (AvgIpc) is 3.40. The second-order valence-corrected chi connectivity index (χ2v) is 12.0. The lowest BCUT2D eigenvalue weighted by atomic mass is 10.0. The van der Waals surface area contributed by atoms with E-state index in [0.29, 0.717) is 23.8 Å². The first-order valence-electron chi connectivity index (χ1n) is 13.9. The number of hydrogen-bond donors (Lipinski definition) is 3. The quantitative estimate of drug-likeness (QED) is 0.146. The number of phenols is 1. The van der Waals surface area contributed by atoms with Gasteiger partial charge in [-0.15, -0.1) is 23.1 Å². The van der Waals surface area contributed by atoms with Gasteiger partial charge in [-0.25, -0.2) is 9.97 Å². The van der Waals surface area contributed by atoms with Gasteiger partial charge in [-0.2, -0.15) is 5.26 Å². The van der Waals surface area contributed by atoms with E-state index < -0.39 is 0 Å². The summed E-state index contributed by atoms with van der Waals surface area (Å²) in [6.45, 7) is 6.64. The van der Waals surface area contributed by atoms with Gasteiger partial charge in [0.2, 0.25) is 5.95 Å². The number of benzene rings is 2. The lowest BCUT2D eigenvalue weighted by Gasteiger charge is -2.34. The maximum atomic E-state index is 10.1. The third-order valence-corrected chi connectivity index (χ3v) is 9.39. The molecule has 0 radical (unpaired) electrons. The molecule has 1 saturated heterocycles. The Morgan fingerprint density at radius 1 is 1.07 bits per heavy atom. The van der Waals surface area contributed by atoms with Crippen molar-refractivity contribution in [1.82, 2.24) is 19.8 Å². The summed E-state index contributed by atoms with van der Waals surface area (Å²) in [5.74, 6) is 1.35. The molecule has 1 aliphatic rings. The topological polar surface area (TPSA) is 118 Å². The van der Waals surface area contributed by atoms with Crippen molar-refractivity contribution >= 4 is 34.7 Å². The summed E-state index contributed by atoms with van der Waals surface area (Å²) in [5, 5.41) is 32.5. The third-order valence-electron chi connectivity index (χ3n) is 7.05. The van der Waals surface area contributed by atoms with Crippen molar-refractivity contribution in [3.8, 4) is 39.3 Å². The fourth-order valence-electron chi connectivity index (χ4n) is 4.97.